The van der Waals surface area contributed by atoms with Crippen LogP contribution < -0.4 is 10.1 Å². The van der Waals surface area contributed by atoms with Crippen LogP contribution in [-0.2, 0) is 0 Å². The van der Waals surface area contributed by atoms with E-state index in [2.05, 4.69) is 37.1 Å². The normalized spacial score (nSPS) is 9.27. The summed E-state index contributed by atoms with van der Waals surface area (Å²) >= 11 is 0. The van der Waals surface area contributed by atoms with Gasteiger partial charge in [0.25, 0.3) is 0 Å². The first-order valence-electron chi connectivity index (χ1n) is 5.04. The molecule has 0 spiro atoms. The van der Waals surface area contributed by atoms with E-state index < -0.39 is 0 Å². The van der Waals surface area contributed by atoms with Crippen LogP contribution in [0.5, 0.6) is 5.75 Å². The first kappa shape index (κ1) is 11.6. The fourth-order valence-electron chi connectivity index (χ4n) is 1.13. The molecule has 80 valence electrons. The second kappa shape index (κ2) is 6.10. The van der Waals surface area contributed by atoms with Crippen molar-refractivity contribution in [3.63, 3.8) is 0 Å². The zero-order valence-electron chi connectivity index (χ0n) is 9.55. The first-order valence-corrected chi connectivity index (χ1v) is 5.04. The van der Waals surface area contributed by atoms with Gasteiger partial charge < -0.3 is 10.1 Å². The molecule has 0 bridgehead atoms. The summed E-state index contributed by atoms with van der Waals surface area (Å²) in [5.41, 5.74) is 2.53. The molecular weight excluding hydrogens is 186 g/mol. The zero-order valence-corrected chi connectivity index (χ0v) is 9.55. The Hall–Kier alpha value is -1.46. The van der Waals surface area contributed by atoms with Crippen molar-refractivity contribution in [3.05, 3.63) is 29.3 Å². The van der Waals surface area contributed by atoms with Crippen molar-refractivity contribution in [3.8, 4) is 17.6 Å². The average molecular weight is 203 g/mol. The van der Waals surface area contributed by atoms with Gasteiger partial charge in [0, 0.05) is 0 Å². The SMILES string of the molecule is CNCC#CCOc1ccc(C)c(C)c1. The molecule has 0 saturated carbocycles. The Kier molecular flexibility index (Phi) is 4.73. The third-order valence-electron chi connectivity index (χ3n) is 2.18. The van der Waals surface area contributed by atoms with Gasteiger partial charge in [-0.3, -0.25) is 0 Å². The van der Waals surface area contributed by atoms with E-state index in [0.717, 1.165) is 5.75 Å². The third kappa shape index (κ3) is 4.05. The molecule has 0 aliphatic heterocycles. The highest BCUT2D eigenvalue weighted by molar-refractivity contribution is 5.34. The lowest BCUT2D eigenvalue weighted by atomic mass is 10.1. The molecule has 0 aromatic heterocycles. The van der Waals surface area contributed by atoms with Gasteiger partial charge in [-0.25, -0.2) is 0 Å². The van der Waals surface area contributed by atoms with Gasteiger partial charge in [-0.05, 0) is 44.2 Å². The Morgan fingerprint density at radius 2 is 2.00 bits per heavy atom. The minimum atomic E-state index is 0.449. The Labute approximate surface area is 91.6 Å². The maximum Gasteiger partial charge on any atom is 0.149 e. The molecule has 0 saturated heterocycles. The molecule has 0 fully saturated rings. The van der Waals surface area contributed by atoms with Crippen LogP contribution in [0.1, 0.15) is 11.1 Å². The largest absolute Gasteiger partial charge is 0.481 e. The van der Waals surface area contributed by atoms with Crippen molar-refractivity contribution in [1.82, 2.24) is 5.32 Å². The number of hydrogen-bond acceptors (Lipinski definition) is 2. The molecule has 1 N–H and O–H groups in total. The molecular formula is C13H17NO. The lowest BCUT2D eigenvalue weighted by molar-refractivity contribution is 0.370. The molecule has 1 aromatic rings. The minimum absolute atomic E-state index is 0.449. The number of nitrogens with one attached hydrogen (secondary N) is 1. The maximum absolute atomic E-state index is 5.49. The van der Waals surface area contributed by atoms with Crippen molar-refractivity contribution < 1.29 is 4.74 Å². The highest BCUT2D eigenvalue weighted by atomic mass is 16.5. The summed E-state index contributed by atoms with van der Waals surface area (Å²) in [4.78, 5) is 0. The van der Waals surface area contributed by atoms with Crippen molar-refractivity contribution in [2.45, 2.75) is 13.8 Å². The van der Waals surface area contributed by atoms with Gasteiger partial charge in [0.1, 0.15) is 12.4 Å². The van der Waals surface area contributed by atoms with Gasteiger partial charge in [0.15, 0.2) is 0 Å². The van der Waals surface area contributed by atoms with E-state index in [1.165, 1.54) is 11.1 Å². The summed E-state index contributed by atoms with van der Waals surface area (Å²) in [5, 5.41) is 2.95. The highest BCUT2D eigenvalue weighted by Crippen LogP contribution is 2.15. The number of benzene rings is 1. The number of rotatable bonds is 3. The van der Waals surface area contributed by atoms with Crippen molar-refractivity contribution in [1.29, 1.82) is 0 Å². The summed E-state index contributed by atoms with van der Waals surface area (Å²) in [6.07, 6.45) is 0. The highest BCUT2D eigenvalue weighted by Gasteiger charge is 1.95. The molecule has 0 radical (unpaired) electrons. The predicted molar refractivity (Wildman–Crippen MR) is 63.1 cm³/mol. The fourth-order valence-corrected chi connectivity index (χ4v) is 1.13. The molecule has 2 nitrogen and oxygen atoms in total. The van der Waals surface area contributed by atoms with E-state index in [4.69, 9.17) is 4.74 Å². The van der Waals surface area contributed by atoms with E-state index in [-0.39, 0.29) is 0 Å². The molecule has 0 heterocycles. The van der Waals surface area contributed by atoms with Crippen LogP contribution in [0.3, 0.4) is 0 Å². The molecule has 1 rings (SSSR count). The smallest absolute Gasteiger partial charge is 0.149 e. The average Bonchev–Trinajstić information content (AvgIpc) is 2.23. The topological polar surface area (TPSA) is 21.3 Å². The summed E-state index contributed by atoms with van der Waals surface area (Å²) in [6.45, 7) is 5.32. The number of ether oxygens (including phenoxy) is 1. The molecule has 0 unspecified atom stereocenters. The van der Waals surface area contributed by atoms with Crippen LogP contribution in [0.4, 0.5) is 0 Å². The van der Waals surface area contributed by atoms with E-state index >= 15 is 0 Å². The Morgan fingerprint density at radius 1 is 1.20 bits per heavy atom. The van der Waals surface area contributed by atoms with E-state index in [1.54, 1.807) is 0 Å². The molecule has 15 heavy (non-hydrogen) atoms. The lowest BCUT2D eigenvalue weighted by Gasteiger charge is -2.04. The van der Waals surface area contributed by atoms with E-state index in [0.29, 0.717) is 13.2 Å². The molecule has 1 aromatic carbocycles. The van der Waals surface area contributed by atoms with Gasteiger partial charge >= 0.3 is 0 Å². The summed E-state index contributed by atoms with van der Waals surface area (Å²) < 4.78 is 5.49. The lowest BCUT2D eigenvalue weighted by Crippen LogP contribution is -2.05. The summed E-state index contributed by atoms with van der Waals surface area (Å²) in [6, 6.07) is 6.07. The van der Waals surface area contributed by atoms with Crippen LogP contribution in [0.25, 0.3) is 0 Å². The van der Waals surface area contributed by atoms with Crippen LogP contribution in [0.2, 0.25) is 0 Å². The van der Waals surface area contributed by atoms with E-state index in [1.807, 2.05) is 19.2 Å². The Balaban J connectivity index is 2.45. The van der Waals surface area contributed by atoms with Crippen LogP contribution in [0.15, 0.2) is 18.2 Å². The number of hydrogen-bond donors (Lipinski definition) is 1. The van der Waals surface area contributed by atoms with Crippen LogP contribution in [-0.4, -0.2) is 20.2 Å². The van der Waals surface area contributed by atoms with Gasteiger partial charge in [-0.2, -0.15) is 0 Å². The second-order valence-corrected chi connectivity index (χ2v) is 3.42. The molecule has 2 heteroatoms. The maximum atomic E-state index is 5.49. The number of aryl methyl sites for hydroxylation is 2. The quantitative estimate of drug-likeness (QED) is 0.758. The predicted octanol–water partition coefficient (Wildman–Crippen LogP) is 1.91. The van der Waals surface area contributed by atoms with Gasteiger partial charge in [0.2, 0.25) is 0 Å². The van der Waals surface area contributed by atoms with Gasteiger partial charge in [-0.15, -0.1) is 0 Å². The van der Waals surface area contributed by atoms with Gasteiger partial charge in [-0.1, -0.05) is 17.9 Å². The standard InChI is InChI=1S/C13H17NO/c1-11-6-7-13(10-12(11)2)15-9-5-4-8-14-3/h6-7,10,14H,8-9H2,1-3H3. The molecule has 0 atom stereocenters. The third-order valence-corrected chi connectivity index (χ3v) is 2.18. The molecule has 0 aliphatic carbocycles. The van der Waals surface area contributed by atoms with Crippen molar-refractivity contribution >= 4 is 0 Å². The molecule has 0 amide bonds. The first-order chi connectivity index (χ1) is 7.24. The molecule has 0 aliphatic rings. The summed E-state index contributed by atoms with van der Waals surface area (Å²) in [5.74, 6) is 6.77. The Morgan fingerprint density at radius 3 is 2.67 bits per heavy atom. The summed E-state index contributed by atoms with van der Waals surface area (Å²) in [7, 11) is 1.87. The van der Waals surface area contributed by atoms with Crippen molar-refractivity contribution in [2.24, 2.45) is 0 Å². The van der Waals surface area contributed by atoms with E-state index in [9.17, 15) is 0 Å². The Bertz CT molecular complexity index is 374. The monoisotopic (exact) mass is 203 g/mol. The fraction of sp³-hybridized carbons (Fsp3) is 0.385. The second-order valence-electron chi connectivity index (χ2n) is 3.42. The zero-order chi connectivity index (χ0) is 11.1. The van der Waals surface area contributed by atoms with Gasteiger partial charge in [0.05, 0.1) is 6.54 Å². The minimum Gasteiger partial charge on any atom is -0.481 e. The van der Waals surface area contributed by atoms with Crippen LogP contribution >= 0.6 is 0 Å². The van der Waals surface area contributed by atoms with Crippen LogP contribution in [0, 0.1) is 25.7 Å². The van der Waals surface area contributed by atoms with Crippen molar-refractivity contribution in [2.75, 3.05) is 20.2 Å².